The van der Waals surface area contributed by atoms with E-state index in [4.69, 9.17) is 0 Å². The third kappa shape index (κ3) is 4.09. The summed E-state index contributed by atoms with van der Waals surface area (Å²) in [5.41, 5.74) is 2.51. The van der Waals surface area contributed by atoms with Crippen molar-refractivity contribution in [3.8, 4) is 0 Å². The number of nitrogens with zero attached hydrogens (tertiary/aromatic N) is 1. The maximum atomic E-state index is 12.5. The first-order chi connectivity index (χ1) is 10.5. The quantitative estimate of drug-likeness (QED) is 0.838. The van der Waals surface area contributed by atoms with E-state index in [-0.39, 0.29) is 6.04 Å². The Hall–Kier alpha value is -0.910. The molecule has 1 N–H and O–H groups in total. The predicted octanol–water partition coefficient (Wildman–Crippen LogP) is 2.57. The number of rotatable bonds is 7. The van der Waals surface area contributed by atoms with Crippen LogP contribution in [-0.2, 0) is 22.9 Å². The van der Waals surface area contributed by atoms with Crippen molar-refractivity contribution in [2.45, 2.75) is 57.4 Å². The van der Waals surface area contributed by atoms with Gasteiger partial charge >= 0.3 is 0 Å². The standard InChI is InChI=1S/C17H28N2O2S/c1-4-19(5-2)14(3)13-18-22(20,21)17-11-10-15-8-6-7-9-16(15)12-17/h10-12,14,18H,4-9,13H2,1-3H3. The molecular weight excluding hydrogens is 296 g/mol. The monoisotopic (exact) mass is 324 g/mol. The molecule has 22 heavy (non-hydrogen) atoms. The second-order valence-corrected chi connectivity index (χ2v) is 7.83. The molecule has 1 atom stereocenters. The maximum Gasteiger partial charge on any atom is 0.240 e. The van der Waals surface area contributed by atoms with E-state index in [9.17, 15) is 8.42 Å². The van der Waals surface area contributed by atoms with Crippen molar-refractivity contribution < 1.29 is 8.42 Å². The molecule has 1 aliphatic rings. The SMILES string of the molecule is CCN(CC)C(C)CNS(=O)(=O)c1ccc2c(c1)CCCC2. The zero-order valence-electron chi connectivity index (χ0n) is 13.9. The topological polar surface area (TPSA) is 49.4 Å². The Bertz CT molecular complexity index is 595. The number of benzene rings is 1. The molecule has 2 rings (SSSR count). The van der Waals surface area contributed by atoms with Crippen LogP contribution in [0.4, 0.5) is 0 Å². The van der Waals surface area contributed by atoms with Gasteiger partial charge in [-0.1, -0.05) is 19.9 Å². The summed E-state index contributed by atoms with van der Waals surface area (Å²) in [5.74, 6) is 0. The first-order valence-electron chi connectivity index (χ1n) is 8.33. The van der Waals surface area contributed by atoms with E-state index in [1.54, 1.807) is 6.07 Å². The summed E-state index contributed by atoms with van der Waals surface area (Å²) in [7, 11) is -3.42. The number of hydrogen-bond donors (Lipinski definition) is 1. The molecule has 1 aromatic carbocycles. The first kappa shape index (κ1) is 17.4. The highest BCUT2D eigenvalue weighted by molar-refractivity contribution is 7.89. The molecule has 0 heterocycles. The van der Waals surface area contributed by atoms with Crippen molar-refractivity contribution in [2.75, 3.05) is 19.6 Å². The molecule has 0 fully saturated rings. The lowest BCUT2D eigenvalue weighted by molar-refractivity contribution is 0.232. The van der Waals surface area contributed by atoms with E-state index in [2.05, 4.69) is 30.4 Å². The molecule has 5 heteroatoms. The van der Waals surface area contributed by atoms with Gasteiger partial charge in [-0.3, -0.25) is 4.90 Å². The Morgan fingerprint density at radius 1 is 1.14 bits per heavy atom. The van der Waals surface area contributed by atoms with Gasteiger partial charge in [0.25, 0.3) is 0 Å². The van der Waals surface area contributed by atoms with Crippen LogP contribution in [0.2, 0.25) is 0 Å². The Morgan fingerprint density at radius 3 is 2.41 bits per heavy atom. The predicted molar refractivity (Wildman–Crippen MR) is 90.7 cm³/mol. The van der Waals surface area contributed by atoms with Crippen LogP contribution in [-0.4, -0.2) is 39.0 Å². The van der Waals surface area contributed by atoms with Gasteiger partial charge in [0.15, 0.2) is 0 Å². The fourth-order valence-electron chi connectivity index (χ4n) is 3.17. The van der Waals surface area contributed by atoms with Crippen LogP contribution in [0.3, 0.4) is 0 Å². The van der Waals surface area contributed by atoms with Crippen molar-refractivity contribution >= 4 is 10.0 Å². The molecule has 1 aliphatic carbocycles. The van der Waals surface area contributed by atoms with Crippen molar-refractivity contribution in [1.82, 2.24) is 9.62 Å². The largest absolute Gasteiger partial charge is 0.300 e. The minimum Gasteiger partial charge on any atom is -0.300 e. The van der Waals surface area contributed by atoms with Gasteiger partial charge in [-0.15, -0.1) is 0 Å². The van der Waals surface area contributed by atoms with Crippen LogP contribution in [0.1, 0.15) is 44.7 Å². The summed E-state index contributed by atoms with van der Waals surface area (Å²) < 4.78 is 27.7. The van der Waals surface area contributed by atoms with Gasteiger partial charge < -0.3 is 0 Å². The van der Waals surface area contributed by atoms with Crippen molar-refractivity contribution in [3.05, 3.63) is 29.3 Å². The van der Waals surface area contributed by atoms with E-state index >= 15 is 0 Å². The van der Waals surface area contributed by atoms with Crippen LogP contribution in [0.25, 0.3) is 0 Å². The highest BCUT2D eigenvalue weighted by atomic mass is 32.2. The summed E-state index contributed by atoms with van der Waals surface area (Å²) in [4.78, 5) is 2.65. The molecule has 0 radical (unpaired) electrons. The minimum absolute atomic E-state index is 0.197. The molecule has 1 aromatic rings. The van der Waals surface area contributed by atoms with E-state index in [0.717, 1.165) is 32.4 Å². The molecule has 0 bridgehead atoms. The van der Waals surface area contributed by atoms with E-state index < -0.39 is 10.0 Å². The molecule has 4 nitrogen and oxygen atoms in total. The maximum absolute atomic E-state index is 12.5. The first-order valence-corrected chi connectivity index (χ1v) is 9.81. The molecule has 0 amide bonds. The van der Waals surface area contributed by atoms with Gasteiger partial charge in [-0.05, 0) is 69.0 Å². The molecule has 1 unspecified atom stereocenters. The molecule has 0 saturated heterocycles. The van der Waals surface area contributed by atoms with Gasteiger partial charge in [0.05, 0.1) is 4.90 Å². The van der Waals surface area contributed by atoms with Crippen molar-refractivity contribution in [3.63, 3.8) is 0 Å². The molecule has 0 aliphatic heterocycles. The van der Waals surface area contributed by atoms with Crippen LogP contribution in [0.5, 0.6) is 0 Å². The van der Waals surface area contributed by atoms with Crippen LogP contribution >= 0.6 is 0 Å². The van der Waals surface area contributed by atoms with E-state index in [1.165, 1.54) is 17.5 Å². The minimum atomic E-state index is -3.42. The lowest BCUT2D eigenvalue weighted by Gasteiger charge is -2.26. The van der Waals surface area contributed by atoms with Crippen molar-refractivity contribution in [2.24, 2.45) is 0 Å². The average molecular weight is 324 g/mol. The zero-order valence-corrected chi connectivity index (χ0v) is 14.7. The molecule has 0 saturated carbocycles. The fourth-order valence-corrected chi connectivity index (χ4v) is 4.34. The average Bonchev–Trinajstić information content (AvgIpc) is 2.53. The van der Waals surface area contributed by atoms with E-state index in [0.29, 0.717) is 11.4 Å². The van der Waals surface area contributed by atoms with Crippen molar-refractivity contribution in [1.29, 1.82) is 0 Å². The second kappa shape index (κ2) is 7.57. The molecule has 0 spiro atoms. The molecular formula is C17H28N2O2S. The Balaban J connectivity index is 2.07. The number of fused-ring (bicyclic) bond motifs is 1. The van der Waals surface area contributed by atoms with Crippen LogP contribution < -0.4 is 4.72 Å². The fraction of sp³-hybridized carbons (Fsp3) is 0.647. The van der Waals surface area contributed by atoms with Gasteiger partial charge in [-0.25, -0.2) is 13.1 Å². The Morgan fingerprint density at radius 2 is 1.77 bits per heavy atom. The number of hydrogen-bond acceptors (Lipinski definition) is 3. The van der Waals surface area contributed by atoms with E-state index in [1.807, 2.05) is 12.1 Å². The summed E-state index contributed by atoms with van der Waals surface area (Å²) in [6.07, 6.45) is 4.43. The van der Waals surface area contributed by atoms with Gasteiger partial charge in [-0.2, -0.15) is 0 Å². The Kier molecular flexibility index (Phi) is 6.01. The number of sulfonamides is 1. The number of nitrogens with one attached hydrogen (secondary N) is 1. The highest BCUT2D eigenvalue weighted by Gasteiger charge is 2.19. The molecule has 0 aromatic heterocycles. The molecule has 124 valence electrons. The normalized spacial score (nSPS) is 16.5. The summed E-state index contributed by atoms with van der Waals surface area (Å²) >= 11 is 0. The second-order valence-electron chi connectivity index (χ2n) is 6.06. The third-order valence-corrected chi connectivity index (χ3v) is 6.06. The van der Waals surface area contributed by atoms with Gasteiger partial charge in [0, 0.05) is 12.6 Å². The number of aryl methyl sites for hydroxylation is 2. The van der Waals surface area contributed by atoms with Crippen LogP contribution in [0, 0.1) is 0 Å². The van der Waals surface area contributed by atoms with Gasteiger partial charge in [0.2, 0.25) is 10.0 Å². The third-order valence-electron chi connectivity index (χ3n) is 4.63. The summed E-state index contributed by atoms with van der Waals surface area (Å²) in [6, 6.07) is 5.78. The summed E-state index contributed by atoms with van der Waals surface area (Å²) in [6.45, 7) is 8.55. The van der Waals surface area contributed by atoms with Gasteiger partial charge in [0.1, 0.15) is 0 Å². The zero-order chi connectivity index (χ0) is 16.2. The highest BCUT2D eigenvalue weighted by Crippen LogP contribution is 2.24. The smallest absolute Gasteiger partial charge is 0.240 e. The van der Waals surface area contributed by atoms with Crippen LogP contribution in [0.15, 0.2) is 23.1 Å². The summed E-state index contributed by atoms with van der Waals surface area (Å²) in [5, 5.41) is 0. The lowest BCUT2D eigenvalue weighted by Crippen LogP contribution is -2.41. The number of likely N-dealkylation sites (N-methyl/N-ethyl adjacent to an activating group) is 1. The lowest BCUT2D eigenvalue weighted by atomic mass is 9.92. The Labute approximate surface area is 135 Å².